The summed E-state index contributed by atoms with van der Waals surface area (Å²) in [4.78, 5) is 0. The van der Waals surface area contributed by atoms with E-state index in [0.717, 1.165) is 36.0 Å². The monoisotopic (exact) mass is 248 g/mol. The molecular weight excluding hydrogens is 224 g/mol. The van der Waals surface area contributed by atoms with E-state index in [4.69, 9.17) is 4.74 Å². The van der Waals surface area contributed by atoms with Crippen LogP contribution in [0.2, 0.25) is 0 Å². The topological polar surface area (TPSA) is 29.5 Å². The van der Waals surface area contributed by atoms with Crippen molar-refractivity contribution in [3.63, 3.8) is 0 Å². The Kier molecular flexibility index (Phi) is 4.28. The van der Waals surface area contributed by atoms with Crippen LogP contribution in [0.25, 0.3) is 0 Å². The largest absolute Gasteiger partial charge is 0.490 e. The molecule has 0 aromatic heterocycles. The average Bonchev–Trinajstić information content (AvgIpc) is 2.27. The molecule has 100 valence electrons. The Morgan fingerprint density at radius 2 is 1.72 bits per heavy atom. The molecule has 0 aliphatic heterocycles. The van der Waals surface area contributed by atoms with Crippen LogP contribution in [0.5, 0.6) is 5.75 Å². The van der Waals surface area contributed by atoms with Gasteiger partial charge < -0.3 is 9.84 Å². The molecule has 1 saturated carbocycles. The summed E-state index contributed by atoms with van der Waals surface area (Å²) in [6.45, 7) is 6.38. The van der Waals surface area contributed by atoms with Gasteiger partial charge in [-0.15, -0.1) is 0 Å². The Morgan fingerprint density at radius 1 is 1.11 bits per heavy atom. The molecular formula is C16H24O2. The van der Waals surface area contributed by atoms with E-state index in [9.17, 15) is 5.11 Å². The van der Waals surface area contributed by atoms with Gasteiger partial charge in [0.1, 0.15) is 5.75 Å². The van der Waals surface area contributed by atoms with Gasteiger partial charge in [-0.25, -0.2) is 0 Å². The van der Waals surface area contributed by atoms with Crippen LogP contribution < -0.4 is 4.74 Å². The Bertz CT molecular complexity index is 376. The van der Waals surface area contributed by atoms with Crippen LogP contribution in [0.1, 0.15) is 51.7 Å². The smallest absolute Gasteiger partial charge is 0.125 e. The maximum atomic E-state index is 9.76. The first-order valence-corrected chi connectivity index (χ1v) is 7.00. The third-order valence-corrected chi connectivity index (χ3v) is 3.80. The Labute approximate surface area is 110 Å². The predicted octanol–water partition coefficient (Wildman–Crippen LogP) is 3.94. The molecule has 1 aromatic rings. The first-order chi connectivity index (χ1) is 8.56. The van der Waals surface area contributed by atoms with Gasteiger partial charge in [0.25, 0.3) is 0 Å². The van der Waals surface area contributed by atoms with E-state index < -0.39 is 6.10 Å². The molecule has 0 spiro atoms. The Hall–Kier alpha value is -1.02. The SMILES string of the molecule is CC1CC(C)CC(Oc2ccccc2[C@H](C)O)C1. The van der Waals surface area contributed by atoms with Crippen molar-refractivity contribution in [3.8, 4) is 5.75 Å². The Balaban J connectivity index is 2.09. The molecule has 18 heavy (non-hydrogen) atoms. The van der Waals surface area contributed by atoms with Gasteiger partial charge in [-0.3, -0.25) is 0 Å². The van der Waals surface area contributed by atoms with Crippen LogP contribution >= 0.6 is 0 Å². The van der Waals surface area contributed by atoms with Crippen molar-refractivity contribution >= 4 is 0 Å². The number of benzene rings is 1. The molecule has 2 unspecified atom stereocenters. The van der Waals surface area contributed by atoms with E-state index in [1.165, 1.54) is 6.42 Å². The van der Waals surface area contributed by atoms with Gasteiger partial charge in [0.2, 0.25) is 0 Å². The van der Waals surface area contributed by atoms with E-state index in [2.05, 4.69) is 13.8 Å². The highest BCUT2D eigenvalue weighted by atomic mass is 16.5. The zero-order chi connectivity index (χ0) is 13.1. The zero-order valence-electron chi connectivity index (χ0n) is 11.6. The lowest BCUT2D eigenvalue weighted by Gasteiger charge is -2.32. The number of rotatable bonds is 3. The molecule has 0 heterocycles. The minimum absolute atomic E-state index is 0.295. The zero-order valence-corrected chi connectivity index (χ0v) is 11.6. The van der Waals surface area contributed by atoms with Gasteiger partial charge in [0, 0.05) is 5.56 Å². The van der Waals surface area contributed by atoms with E-state index in [-0.39, 0.29) is 0 Å². The lowest BCUT2D eigenvalue weighted by molar-refractivity contribution is 0.0960. The molecule has 1 aromatic carbocycles. The molecule has 3 atom stereocenters. The Morgan fingerprint density at radius 3 is 2.33 bits per heavy atom. The summed E-state index contributed by atoms with van der Waals surface area (Å²) in [5.41, 5.74) is 0.892. The summed E-state index contributed by atoms with van der Waals surface area (Å²) in [6, 6.07) is 7.82. The second kappa shape index (κ2) is 5.75. The molecule has 0 bridgehead atoms. The molecule has 1 aliphatic rings. The lowest BCUT2D eigenvalue weighted by atomic mass is 9.82. The number of aliphatic hydroxyl groups excluding tert-OH is 1. The van der Waals surface area contributed by atoms with Crippen molar-refractivity contribution in [2.75, 3.05) is 0 Å². The minimum atomic E-state index is -0.473. The molecule has 0 radical (unpaired) electrons. The van der Waals surface area contributed by atoms with Crippen LogP contribution in [-0.2, 0) is 0 Å². The molecule has 0 amide bonds. The molecule has 0 saturated heterocycles. The van der Waals surface area contributed by atoms with Gasteiger partial charge in [0.15, 0.2) is 0 Å². The summed E-state index contributed by atoms with van der Waals surface area (Å²) in [7, 11) is 0. The van der Waals surface area contributed by atoms with Crippen LogP contribution in [0, 0.1) is 11.8 Å². The number of hydrogen-bond acceptors (Lipinski definition) is 2. The first kappa shape index (κ1) is 13.4. The molecule has 2 heteroatoms. The van der Waals surface area contributed by atoms with Gasteiger partial charge in [-0.05, 0) is 44.1 Å². The first-order valence-electron chi connectivity index (χ1n) is 7.00. The van der Waals surface area contributed by atoms with E-state index in [0.29, 0.717) is 6.10 Å². The van der Waals surface area contributed by atoms with E-state index in [1.54, 1.807) is 6.92 Å². The summed E-state index contributed by atoms with van der Waals surface area (Å²) in [6.07, 6.45) is 3.37. The van der Waals surface area contributed by atoms with Crippen molar-refractivity contribution in [2.24, 2.45) is 11.8 Å². The maximum Gasteiger partial charge on any atom is 0.125 e. The van der Waals surface area contributed by atoms with Gasteiger partial charge in [-0.1, -0.05) is 32.0 Å². The minimum Gasteiger partial charge on any atom is -0.490 e. The fourth-order valence-electron chi connectivity index (χ4n) is 3.08. The number of ether oxygens (including phenoxy) is 1. The number of aliphatic hydroxyl groups is 1. The standard InChI is InChI=1S/C16H24O2/c1-11-8-12(2)10-14(9-11)18-16-7-5-4-6-15(16)13(3)17/h4-7,11-14,17H,8-10H2,1-3H3/t11?,12?,13-,14?/m0/s1. The highest BCUT2D eigenvalue weighted by molar-refractivity contribution is 5.34. The summed E-state index contributed by atoms with van der Waals surface area (Å²) < 4.78 is 6.13. The number of para-hydroxylation sites is 1. The van der Waals surface area contributed by atoms with Crippen molar-refractivity contribution in [1.82, 2.24) is 0 Å². The van der Waals surface area contributed by atoms with Gasteiger partial charge in [0.05, 0.1) is 12.2 Å². The van der Waals surface area contributed by atoms with E-state index in [1.807, 2.05) is 24.3 Å². The molecule has 1 aliphatic carbocycles. The fourth-order valence-corrected chi connectivity index (χ4v) is 3.08. The average molecular weight is 248 g/mol. The predicted molar refractivity (Wildman–Crippen MR) is 73.7 cm³/mol. The molecule has 1 fully saturated rings. The van der Waals surface area contributed by atoms with Crippen molar-refractivity contribution < 1.29 is 9.84 Å². The normalized spacial score (nSPS) is 29.9. The third kappa shape index (κ3) is 3.26. The third-order valence-electron chi connectivity index (χ3n) is 3.80. The summed E-state index contributed by atoms with van der Waals surface area (Å²) in [5, 5.41) is 9.76. The molecule has 2 rings (SSSR count). The molecule has 2 nitrogen and oxygen atoms in total. The fraction of sp³-hybridized carbons (Fsp3) is 0.625. The second-order valence-corrected chi connectivity index (χ2v) is 5.87. The van der Waals surface area contributed by atoms with Crippen LogP contribution in [0.3, 0.4) is 0 Å². The van der Waals surface area contributed by atoms with Gasteiger partial charge in [-0.2, -0.15) is 0 Å². The summed E-state index contributed by atoms with van der Waals surface area (Å²) in [5.74, 6) is 2.31. The van der Waals surface area contributed by atoms with Crippen molar-refractivity contribution in [3.05, 3.63) is 29.8 Å². The van der Waals surface area contributed by atoms with Crippen LogP contribution in [0.4, 0.5) is 0 Å². The van der Waals surface area contributed by atoms with Crippen LogP contribution in [0.15, 0.2) is 24.3 Å². The summed E-state index contributed by atoms with van der Waals surface area (Å²) >= 11 is 0. The van der Waals surface area contributed by atoms with Gasteiger partial charge >= 0.3 is 0 Å². The second-order valence-electron chi connectivity index (χ2n) is 5.87. The van der Waals surface area contributed by atoms with Crippen molar-refractivity contribution in [2.45, 2.75) is 52.2 Å². The highest BCUT2D eigenvalue weighted by Gasteiger charge is 2.26. The highest BCUT2D eigenvalue weighted by Crippen LogP contribution is 2.33. The van der Waals surface area contributed by atoms with E-state index >= 15 is 0 Å². The molecule has 1 N–H and O–H groups in total. The quantitative estimate of drug-likeness (QED) is 0.877. The number of hydrogen-bond donors (Lipinski definition) is 1. The van der Waals surface area contributed by atoms with Crippen LogP contribution in [-0.4, -0.2) is 11.2 Å². The maximum absolute atomic E-state index is 9.76. The van der Waals surface area contributed by atoms with Crippen molar-refractivity contribution in [1.29, 1.82) is 0 Å². The lowest BCUT2D eigenvalue weighted by Crippen LogP contribution is -2.28.